The molecule has 3 aromatic rings. The van der Waals surface area contributed by atoms with Crippen LogP contribution in [0.3, 0.4) is 0 Å². The lowest BCUT2D eigenvalue weighted by Gasteiger charge is -2.19. The molecule has 4 rings (SSSR count). The van der Waals surface area contributed by atoms with E-state index in [0.717, 1.165) is 0 Å². The number of ether oxygens (including phenoxy) is 2. The van der Waals surface area contributed by atoms with E-state index < -0.39 is 5.82 Å². The number of pyridine rings is 1. The van der Waals surface area contributed by atoms with Crippen molar-refractivity contribution in [1.82, 2.24) is 4.98 Å². The lowest BCUT2D eigenvalue weighted by molar-refractivity contribution is 0.102. The quantitative estimate of drug-likeness (QED) is 0.668. The summed E-state index contributed by atoms with van der Waals surface area (Å²) < 4.78 is 24.3. The number of anilines is 3. The van der Waals surface area contributed by atoms with Crippen LogP contribution in [0.25, 0.3) is 0 Å². The van der Waals surface area contributed by atoms with Crippen molar-refractivity contribution in [3.63, 3.8) is 0 Å². The van der Waals surface area contributed by atoms with Crippen LogP contribution in [0.2, 0.25) is 5.02 Å². The number of fused-ring (bicyclic) bond motifs is 1. The number of carbonyl (C=O) groups is 1. The van der Waals surface area contributed by atoms with Crippen LogP contribution in [-0.2, 0) is 0 Å². The molecule has 1 amide bonds. The Kier molecular flexibility index (Phi) is 4.99. The summed E-state index contributed by atoms with van der Waals surface area (Å²) in [5, 5.41) is 5.85. The van der Waals surface area contributed by atoms with Crippen molar-refractivity contribution < 1.29 is 18.7 Å². The zero-order valence-corrected chi connectivity index (χ0v) is 15.3. The van der Waals surface area contributed by atoms with Crippen LogP contribution in [0.5, 0.6) is 11.5 Å². The van der Waals surface area contributed by atoms with Crippen molar-refractivity contribution in [2.45, 2.75) is 0 Å². The smallest absolute Gasteiger partial charge is 0.274 e. The van der Waals surface area contributed by atoms with Gasteiger partial charge in [-0.05, 0) is 42.5 Å². The van der Waals surface area contributed by atoms with Gasteiger partial charge in [-0.3, -0.25) is 9.78 Å². The van der Waals surface area contributed by atoms with Gasteiger partial charge in [0, 0.05) is 29.3 Å². The zero-order chi connectivity index (χ0) is 19.5. The van der Waals surface area contributed by atoms with Crippen molar-refractivity contribution >= 4 is 34.6 Å². The molecule has 142 valence electrons. The van der Waals surface area contributed by atoms with Gasteiger partial charge in [0.05, 0.1) is 5.02 Å². The van der Waals surface area contributed by atoms with Crippen LogP contribution in [-0.4, -0.2) is 24.1 Å². The molecule has 2 heterocycles. The van der Waals surface area contributed by atoms with Gasteiger partial charge in [0.25, 0.3) is 5.91 Å². The fourth-order valence-corrected chi connectivity index (χ4v) is 2.87. The largest absolute Gasteiger partial charge is 0.486 e. The van der Waals surface area contributed by atoms with Gasteiger partial charge in [0.15, 0.2) is 11.5 Å². The molecular weight excluding hydrogens is 385 g/mol. The number of amides is 1. The van der Waals surface area contributed by atoms with Gasteiger partial charge >= 0.3 is 0 Å². The molecule has 0 bridgehead atoms. The molecule has 8 heteroatoms. The third-order valence-corrected chi connectivity index (χ3v) is 4.29. The fourth-order valence-electron chi connectivity index (χ4n) is 2.69. The summed E-state index contributed by atoms with van der Waals surface area (Å²) in [7, 11) is 0. The Morgan fingerprint density at radius 1 is 0.964 bits per heavy atom. The van der Waals surface area contributed by atoms with Gasteiger partial charge in [-0.2, -0.15) is 0 Å². The molecule has 1 aliphatic rings. The lowest BCUT2D eigenvalue weighted by atomic mass is 10.2. The number of benzene rings is 2. The third kappa shape index (κ3) is 3.99. The second kappa shape index (κ2) is 7.74. The van der Waals surface area contributed by atoms with Crippen molar-refractivity contribution in [2.75, 3.05) is 23.8 Å². The maximum absolute atomic E-state index is 13.3. The average molecular weight is 400 g/mol. The maximum Gasteiger partial charge on any atom is 0.274 e. The van der Waals surface area contributed by atoms with Gasteiger partial charge in [-0.1, -0.05) is 11.6 Å². The van der Waals surface area contributed by atoms with Crippen LogP contribution in [0, 0.1) is 5.82 Å². The Morgan fingerprint density at radius 2 is 1.71 bits per heavy atom. The molecule has 1 aromatic heterocycles. The molecule has 0 saturated carbocycles. The van der Waals surface area contributed by atoms with E-state index in [0.29, 0.717) is 41.8 Å². The van der Waals surface area contributed by atoms with Crippen LogP contribution in [0.4, 0.5) is 21.5 Å². The van der Waals surface area contributed by atoms with E-state index in [1.54, 1.807) is 36.4 Å². The molecule has 28 heavy (non-hydrogen) atoms. The summed E-state index contributed by atoms with van der Waals surface area (Å²) in [6, 6.07) is 12.7. The number of nitrogens with zero attached hydrogens (tertiary/aromatic N) is 1. The first-order valence-corrected chi connectivity index (χ1v) is 8.85. The van der Waals surface area contributed by atoms with Gasteiger partial charge in [0.1, 0.15) is 24.7 Å². The molecule has 1 aliphatic heterocycles. The van der Waals surface area contributed by atoms with Crippen LogP contribution < -0.4 is 20.1 Å². The summed E-state index contributed by atoms with van der Waals surface area (Å²) in [6.07, 6.45) is 1.51. The molecular formula is C20H15ClFN3O3. The van der Waals surface area contributed by atoms with E-state index in [4.69, 9.17) is 21.1 Å². The van der Waals surface area contributed by atoms with Gasteiger partial charge < -0.3 is 20.1 Å². The highest BCUT2D eigenvalue weighted by Crippen LogP contribution is 2.32. The predicted molar refractivity (Wildman–Crippen MR) is 104 cm³/mol. The number of halogens is 2. The minimum atomic E-state index is -0.499. The second-order valence-electron chi connectivity index (χ2n) is 6.00. The van der Waals surface area contributed by atoms with E-state index in [2.05, 4.69) is 15.6 Å². The molecule has 0 spiro atoms. The Labute approximate surface area is 165 Å². The Bertz CT molecular complexity index is 1040. The maximum atomic E-state index is 13.3. The number of nitrogens with one attached hydrogen (secondary N) is 2. The summed E-state index contributed by atoms with van der Waals surface area (Å²) in [4.78, 5) is 16.6. The van der Waals surface area contributed by atoms with Gasteiger partial charge in [-0.15, -0.1) is 0 Å². The molecule has 0 fully saturated rings. The number of aromatic nitrogens is 1. The number of hydrogen-bond donors (Lipinski definition) is 2. The van der Waals surface area contributed by atoms with Crippen LogP contribution in [0.1, 0.15) is 10.5 Å². The number of carbonyl (C=O) groups excluding carboxylic acids is 1. The van der Waals surface area contributed by atoms with Crippen molar-refractivity contribution in [1.29, 1.82) is 0 Å². The highest BCUT2D eigenvalue weighted by atomic mass is 35.5. The summed E-state index contributed by atoms with van der Waals surface area (Å²) in [5.41, 5.74) is 1.99. The second-order valence-corrected chi connectivity index (χ2v) is 6.40. The first-order valence-electron chi connectivity index (χ1n) is 8.47. The van der Waals surface area contributed by atoms with Gasteiger partial charge in [-0.25, -0.2) is 4.39 Å². The Balaban J connectivity index is 1.49. The summed E-state index contributed by atoms with van der Waals surface area (Å²) in [5.74, 6) is 0.353. The van der Waals surface area contributed by atoms with Gasteiger partial charge in [0.2, 0.25) is 0 Å². The molecule has 0 unspecified atom stereocenters. The zero-order valence-electron chi connectivity index (χ0n) is 14.5. The first kappa shape index (κ1) is 18.1. The molecule has 0 atom stereocenters. The first-order chi connectivity index (χ1) is 13.6. The lowest BCUT2D eigenvalue weighted by Crippen LogP contribution is -2.17. The van der Waals surface area contributed by atoms with E-state index >= 15 is 0 Å². The Morgan fingerprint density at radius 3 is 2.54 bits per heavy atom. The van der Waals surface area contributed by atoms with Crippen molar-refractivity contribution in [3.05, 3.63) is 71.3 Å². The van der Waals surface area contributed by atoms with E-state index in [1.165, 1.54) is 18.3 Å². The Hall–Kier alpha value is -3.32. The van der Waals surface area contributed by atoms with Crippen LogP contribution in [0.15, 0.2) is 54.7 Å². The third-order valence-electron chi connectivity index (χ3n) is 4.00. The SMILES string of the molecule is O=C(Nc1ccc2c(c1)OCCO2)c1cc(Nc2ccc(F)c(Cl)c2)ccn1. The van der Waals surface area contributed by atoms with Crippen LogP contribution >= 0.6 is 11.6 Å². The number of rotatable bonds is 4. The summed E-state index contributed by atoms with van der Waals surface area (Å²) >= 11 is 5.79. The van der Waals surface area contributed by atoms with E-state index in [9.17, 15) is 9.18 Å². The van der Waals surface area contributed by atoms with Crippen molar-refractivity contribution in [3.8, 4) is 11.5 Å². The minimum absolute atomic E-state index is 0.00984. The molecule has 2 aromatic carbocycles. The molecule has 0 radical (unpaired) electrons. The highest BCUT2D eigenvalue weighted by molar-refractivity contribution is 6.31. The topological polar surface area (TPSA) is 72.5 Å². The molecule has 2 N–H and O–H groups in total. The number of hydrogen-bond acceptors (Lipinski definition) is 5. The standard InChI is InChI=1S/C20H15ClFN3O3/c21-15-9-12(1-3-16(15)22)24-14-5-6-23-17(10-14)20(26)25-13-2-4-18-19(11-13)28-8-7-27-18/h1-6,9-11H,7-8H2,(H,23,24)(H,25,26). The minimum Gasteiger partial charge on any atom is -0.486 e. The highest BCUT2D eigenvalue weighted by Gasteiger charge is 2.14. The molecule has 0 aliphatic carbocycles. The average Bonchev–Trinajstić information content (AvgIpc) is 2.71. The summed E-state index contributed by atoms with van der Waals surface area (Å²) in [6.45, 7) is 0.967. The normalized spacial score (nSPS) is 12.4. The fraction of sp³-hybridized carbons (Fsp3) is 0.100. The predicted octanol–water partition coefficient (Wildman–Crippen LogP) is 4.64. The van der Waals surface area contributed by atoms with E-state index in [1.807, 2.05) is 0 Å². The van der Waals surface area contributed by atoms with Crippen molar-refractivity contribution in [2.24, 2.45) is 0 Å². The molecule has 6 nitrogen and oxygen atoms in total. The monoisotopic (exact) mass is 399 g/mol. The molecule has 0 saturated heterocycles. The van der Waals surface area contributed by atoms with E-state index in [-0.39, 0.29) is 16.6 Å².